The van der Waals surface area contributed by atoms with Crippen molar-refractivity contribution >= 4 is 12.0 Å². The van der Waals surface area contributed by atoms with Crippen LogP contribution >= 0.6 is 0 Å². The molecule has 5 nitrogen and oxygen atoms in total. The molecule has 1 atom stereocenters. The molecule has 0 saturated carbocycles. The molecule has 0 radical (unpaired) electrons. The molecule has 0 aromatic carbocycles. The molecule has 1 aliphatic heterocycles. The average molecular weight is 172 g/mol. The third-order valence-corrected chi connectivity index (χ3v) is 2.30. The molecule has 1 rings (SSSR count). The third-order valence-electron chi connectivity index (χ3n) is 2.30. The Morgan fingerprint density at radius 1 is 1.58 bits per heavy atom. The van der Waals surface area contributed by atoms with Crippen LogP contribution in [-0.2, 0) is 4.79 Å². The van der Waals surface area contributed by atoms with Gasteiger partial charge in [-0.25, -0.2) is 4.79 Å². The Kier molecular flexibility index (Phi) is 1.95. The normalized spacial score (nSPS) is 28.9. The number of likely N-dealkylation sites (tertiary alicyclic amines) is 1. The van der Waals surface area contributed by atoms with Crippen LogP contribution in [0.25, 0.3) is 0 Å². The van der Waals surface area contributed by atoms with Crippen molar-refractivity contribution in [2.75, 3.05) is 13.1 Å². The maximum Gasteiger partial charge on any atom is 0.314 e. The predicted molar refractivity (Wildman–Crippen MR) is 41.5 cm³/mol. The van der Waals surface area contributed by atoms with Gasteiger partial charge in [0, 0.05) is 13.1 Å². The number of hydrogen-bond acceptors (Lipinski definition) is 2. The Morgan fingerprint density at radius 3 is 2.42 bits per heavy atom. The van der Waals surface area contributed by atoms with E-state index in [1.165, 1.54) is 4.90 Å². The molecular weight excluding hydrogens is 160 g/mol. The van der Waals surface area contributed by atoms with E-state index in [1.54, 1.807) is 6.92 Å². The highest BCUT2D eigenvalue weighted by Crippen LogP contribution is 2.29. The molecule has 1 aliphatic rings. The summed E-state index contributed by atoms with van der Waals surface area (Å²) in [7, 11) is 0. The van der Waals surface area contributed by atoms with E-state index in [1.807, 2.05) is 0 Å². The van der Waals surface area contributed by atoms with Crippen molar-refractivity contribution in [2.24, 2.45) is 11.1 Å². The van der Waals surface area contributed by atoms with Crippen LogP contribution < -0.4 is 5.73 Å². The van der Waals surface area contributed by atoms with E-state index in [2.05, 4.69) is 0 Å². The number of nitrogens with two attached hydrogens (primary N) is 1. The lowest BCUT2D eigenvalue weighted by Crippen LogP contribution is -2.37. The van der Waals surface area contributed by atoms with Gasteiger partial charge in [0.05, 0.1) is 5.41 Å². The van der Waals surface area contributed by atoms with E-state index < -0.39 is 17.4 Å². The minimum atomic E-state index is -0.869. The molecule has 12 heavy (non-hydrogen) atoms. The summed E-state index contributed by atoms with van der Waals surface area (Å²) in [5.41, 5.74) is 4.20. The zero-order chi connectivity index (χ0) is 9.35. The summed E-state index contributed by atoms with van der Waals surface area (Å²) in [6.07, 6.45) is 0.477. The maximum atomic E-state index is 10.7. The minimum Gasteiger partial charge on any atom is -0.481 e. The molecule has 2 amide bonds. The lowest BCUT2D eigenvalue weighted by Gasteiger charge is -2.18. The van der Waals surface area contributed by atoms with Crippen LogP contribution in [0.1, 0.15) is 13.3 Å². The molecule has 1 saturated heterocycles. The smallest absolute Gasteiger partial charge is 0.314 e. The summed E-state index contributed by atoms with van der Waals surface area (Å²) in [6, 6.07) is -0.542. The molecule has 0 aliphatic carbocycles. The number of primary amides is 1. The van der Waals surface area contributed by atoms with Crippen molar-refractivity contribution in [2.45, 2.75) is 13.3 Å². The second-order valence-corrected chi connectivity index (χ2v) is 3.38. The monoisotopic (exact) mass is 172 g/mol. The first-order valence-electron chi connectivity index (χ1n) is 3.73. The number of amides is 2. The van der Waals surface area contributed by atoms with Crippen LogP contribution in [0.3, 0.4) is 0 Å². The number of carbonyl (C=O) groups is 2. The molecule has 5 heteroatoms. The fourth-order valence-electron chi connectivity index (χ4n) is 1.32. The van der Waals surface area contributed by atoms with Gasteiger partial charge < -0.3 is 15.7 Å². The van der Waals surface area contributed by atoms with Crippen molar-refractivity contribution in [1.82, 2.24) is 4.90 Å². The molecule has 0 spiro atoms. The van der Waals surface area contributed by atoms with Crippen molar-refractivity contribution in [3.8, 4) is 0 Å². The van der Waals surface area contributed by atoms with Gasteiger partial charge in [0.2, 0.25) is 0 Å². The number of hydrogen-bond donors (Lipinski definition) is 2. The molecule has 68 valence electrons. The largest absolute Gasteiger partial charge is 0.481 e. The second kappa shape index (κ2) is 2.66. The van der Waals surface area contributed by atoms with E-state index in [-0.39, 0.29) is 6.54 Å². The summed E-state index contributed by atoms with van der Waals surface area (Å²) < 4.78 is 0. The predicted octanol–water partition coefficient (Wildman–Crippen LogP) is -0.138. The fraction of sp³-hybridized carbons (Fsp3) is 0.714. The zero-order valence-corrected chi connectivity index (χ0v) is 6.91. The van der Waals surface area contributed by atoms with Gasteiger partial charge in [-0.15, -0.1) is 0 Å². The van der Waals surface area contributed by atoms with Crippen molar-refractivity contribution in [3.05, 3.63) is 0 Å². The van der Waals surface area contributed by atoms with Gasteiger partial charge in [0.1, 0.15) is 0 Å². The number of rotatable bonds is 1. The SMILES string of the molecule is CC1(C(=O)O)CCN(C(N)=O)C1. The summed E-state index contributed by atoms with van der Waals surface area (Å²) in [4.78, 5) is 22.7. The molecule has 0 aromatic rings. The van der Waals surface area contributed by atoms with E-state index in [9.17, 15) is 9.59 Å². The van der Waals surface area contributed by atoms with Gasteiger partial charge in [-0.05, 0) is 13.3 Å². The first-order valence-corrected chi connectivity index (χ1v) is 3.73. The Morgan fingerprint density at radius 2 is 2.17 bits per heavy atom. The summed E-state index contributed by atoms with van der Waals surface area (Å²) in [5, 5.41) is 8.79. The number of aliphatic carboxylic acids is 1. The van der Waals surface area contributed by atoms with Crippen LogP contribution in [0.2, 0.25) is 0 Å². The summed E-state index contributed by atoms with van der Waals surface area (Å²) >= 11 is 0. The highest BCUT2D eigenvalue weighted by molar-refractivity contribution is 5.78. The Balaban J connectivity index is 2.67. The van der Waals surface area contributed by atoms with Crippen molar-refractivity contribution in [3.63, 3.8) is 0 Å². The molecular formula is C7H12N2O3. The van der Waals surface area contributed by atoms with Crippen LogP contribution in [0.4, 0.5) is 4.79 Å². The van der Waals surface area contributed by atoms with Crippen LogP contribution in [0.5, 0.6) is 0 Å². The maximum absolute atomic E-state index is 10.7. The Bertz CT molecular complexity index is 229. The number of urea groups is 1. The van der Waals surface area contributed by atoms with Gasteiger partial charge in [0.15, 0.2) is 0 Å². The van der Waals surface area contributed by atoms with Gasteiger partial charge in [-0.3, -0.25) is 4.79 Å². The second-order valence-electron chi connectivity index (χ2n) is 3.38. The Hall–Kier alpha value is -1.26. The molecule has 1 heterocycles. The quantitative estimate of drug-likeness (QED) is 0.577. The fourth-order valence-corrected chi connectivity index (χ4v) is 1.32. The minimum absolute atomic E-state index is 0.220. The third kappa shape index (κ3) is 1.34. The van der Waals surface area contributed by atoms with Gasteiger partial charge in [-0.2, -0.15) is 0 Å². The summed E-state index contributed by atoms with van der Waals surface area (Å²) in [6.45, 7) is 2.29. The molecule has 0 bridgehead atoms. The van der Waals surface area contributed by atoms with Crippen molar-refractivity contribution < 1.29 is 14.7 Å². The average Bonchev–Trinajstić information content (AvgIpc) is 2.33. The highest BCUT2D eigenvalue weighted by atomic mass is 16.4. The topological polar surface area (TPSA) is 83.6 Å². The first-order chi connectivity index (χ1) is 5.46. The summed E-state index contributed by atoms with van der Waals surface area (Å²) in [5.74, 6) is -0.869. The van der Waals surface area contributed by atoms with Crippen LogP contribution in [0, 0.1) is 5.41 Å². The molecule has 1 fully saturated rings. The van der Waals surface area contributed by atoms with Gasteiger partial charge in [-0.1, -0.05) is 0 Å². The van der Waals surface area contributed by atoms with Crippen LogP contribution in [-0.4, -0.2) is 35.1 Å². The zero-order valence-electron chi connectivity index (χ0n) is 6.91. The molecule has 1 unspecified atom stereocenters. The van der Waals surface area contributed by atoms with E-state index in [0.29, 0.717) is 13.0 Å². The standard InChI is InChI=1S/C7H12N2O3/c1-7(5(10)11)2-3-9(4-7)6(8)12/h2-4H2,1H3,(H2,8,12)(H,10,11). The lowest BCUT2D eigenvalue weighted by molar-refractivity contribution is -0.146. The Labute approximate surface area is 70.1 Å². The van der Waals surface area contributed by atoms with E-state index in [0.717, 1.165) is 0 Å². The molecule has 3 N–H and O–H groups in total. The first kappa shape index (κ1) is 8.83. The number of carboxylic acids is 1. The van der Waals surface area contributed by atoms with E-state index >= 15 is 0 Å². The number of carboxylic acid groups (broad SMARTS) is 1. The van der Waals surface area contributed by atoms with Gasteiger partial charge >= 0.3 is 12.0 Å². The lowest BCUT2D eigenvalue weighted by atomic mass is 9.90. The number of carbonyl (C=O) groups excluding carboxylic acids is 1. The van der Waals surface area contributed by atoms with Gasteiger partial charge in [0.25, 0.3) is 0 Å². The van der Waals surface area contributed by atoms with Crippen LogP contribution in [0.15, 0.2) is 0 Å². The number of nitrogens with zero attached hydrogens (tertiary/aromatic N) is 1. The molecule has 0 aromatic heterocycles. The van der Waals surface area contributed by atoms with E-state index in [4.69, 9.17) is 10.8 Å². The van der Waals surface area contributed by atoms with Crippen molar-refractivity contribution in [1.29, 1.82) is 0 Å². The highest BCUT2D eigenvalue weighted by Gasteiger charge is 2.41.